The first-order valence-corrected chi connectivity index (χ1v) is 5.42. The van der Waals surface area contributed by atoms with E-state index in [9.17, 15) is 4.79 Å². The highest BCUT2D eigenvalue weighted by atomic mass is 16.5. The first kappa shape index (κ1) is 11.8. The van der Waals surface area contributed by atoms with Gasteiger partial charge in [-0.15, -0.1) is 0 Å². The quantitative estimate of drug-likeness (QED) is 0.698. The van der Waals surface area contributed by atoms with Gasteiger partial charge in [-0.3, -0.25) is 4.79 Å². The Morgan fingerprint density at radius 1 is 1.53 bits per heavy atom. The maximum Gasteiger partial charge on any atom is 0.316 e. The van der Waals surface area contributed by atoms with Crippen LogP contribution in [0, 0.1) is 0 Å². The third-order valence-corrected chi connectivity index (χ3v) is 2.38. The average molecular weight is 210 g/mol. The number of imidazole rings is 1. The van der Waals surface area contributed by atoms with E-state index in [0.29, 0.717) is 6.61 Å². The largest absolute Gasteiger partial charge is 0.465 e. The summed E-state index contributed by atoms with van der Waals surface area (Å²) in [5.41, 5.74) is 0. The van der Waals surface area contributed by atoms with Gasteiger partial charge in [-0.05, 0) is 20.3 Å². The van der Waals surface area contributed by atoms with Gasteiger partial charge in [0, 0.05) is 18.9 Å². The fourth-order valence-corrected chi connectivity index (χ4v) is 1.60. The summed E-state index contributed by atoms with van der Waals surface area (Å²) < 4.78 is 7.00. The molecule has 1 aromatic rings. The fourth-order valence-electron chi connectivity index (χ4n) is 1.60. The molecule has 4 nitrogen and oxygen atoms in total. The number of ether oxygens (including phenoxy) is 1. The van der Waals surface area contributed by atoms with Crippen molar-refractivity contribution in [3.8, 4) is 0 Å². The highest BCUT2D eigenvalue weighted by molar-refractivity contribution is 5.77. The predicted octanol–water partition coefficient (Wildman–Crippen LogP) is 1.96. The number of aromatic nitrogens is 2. The van der Waals surface area contributed by atoms with Gasteiger partial charge in [0.2, 0.25) is 0 Å². The number of hydrogen-bond acceptors (Lipinski definition) is 3. The third kappa shape index (κ3) is 2.58. The Morgan fingerprint density at radius 3 is 2.80 bits per heavy atom. The van der Waals surface area contributed by atoms with Crippen molar-refractivity contribution in [1.82, 2.24) is 9.55 Å². The Morgan fingerprint density at radius 2 is 2.27 bits per heavy atom. The van der Waals surface area contributed by atoms with E-state index in [4.69, 9.17) is 4.74 Å². The molecule has 0 spiro atoms. The van der Waals surface area contributed by atoms with Gasteiger partial charge < -0.3 is 9.30 Å². The Labute approximate surface area is 90.3 Å². The summed E-state index contributed by atoms with van der Waals surface area (Å²) in [6.07, 6.45) is 4.33. The van der Waals surface area contributed by atoms with Crippen LogP contribution in [0.3, 0.4) is 0 Å². The highest BCUT2D eigenvalue weighted by Gasteiger charge is 2.23. The Balaban J connectivity index is 2.86. The molecule has 0 amide bonds. The topological polar surface area (TPSA) is 44.1 Å². The fraction of sp³-hybridized carbons (Fsp3) is 0.636. The Bertz CT molecular complexity index is 320. The molecule has 4 heteroatoms. The summed E-state index contributed by atoms with van der Waals surface area (Å²) in [7, 11) is 0. The molecule has 0 aliphatic carbocycles. The summed E-state index contributed by atoms with van der Waals surface area (Å²) in [5, 5.41) is 0. The average Bonchev–Trinajstić information content (AvgIpc) is 2.67. The van der Waals surface area contributed by atoms with Crippen molar-refractivity contribution in [3.05, 3.63) is 18.2 Å². The van der Waals surface area contributed by atoms with Crippen molar-refractivity contribution in [3.63, 3.8) is 0 Å². The molecule has 0 saturated heterocycles. The van der Waals surface area contributed by atoms with Gasteiger partial charge >= 0.3 is 5.97 Å². The Kier molecular flexibility index (Phi) is 4.34. The van der Waals surface area contributed by atoms with Gasteiger partial charge in [0.25, 0.3) is 0 Å². The number of carbonyl (C=O) groups is 1. The molecule has 0 fully saturated rings. The zero-order valence-electron chi connectivity index (χ0n) is 9.56. The van der Waals surface area contributed by atoms with E-state index in [1.807, 2.05) is 31.5 Å². The molecule has 0 bridgehead atoms. The minimum atomic E-state index is -0.236. The highest BCUT2D eigenvalue weighted by Crippen LogP contribution is 2.19. The summed E-state index contributed by atoms with van der Waals surface area (Å²) in [6, 6.07) is 0. The molecular weight excluding hydrogens is 192 g/mol. The van der Waals surface area contributed by atoms with Gasteiger partial charge in [-0.25, -0.2) is 4.98 Å². The number of hydrogen-bond donors (Lipinski definition) is 0. The van der Waals surface area contributed by atoms with E-state index in [1.54, 1.807) is 6.20 Å². The first-order valence-electron chi connectivity index (χ1n) is 5.42. The van der Waals surface area contributed by atoms with Gasteiger partial charge in [0.1, 0.15) is 11.7 Å². The molecule has 0 aliphatic heterocycles. The maximum absolute atomic E-state index is 11.7. The lowest BCUT2D eigenvalue weighted by Gasteiger charge is -2.14. The molecule has 0 saturated carbocycles. The van der Waals surface area contributed by atoms with Crippen molar-refractivity contribution < 1.29 is 9.53 Å². The molecule has 1 rings (SSSR count). The molecule has 0 N–H and O–H groups in total. The van der Waals surface area contributed by atoms with E-state index in [-0.39, 0.29) is 11.9 Å². The van der Waals surface area contributed by atoms with Crippen LogP contribution in [0.15, 0.2) is 12.4 Å². The molecule has 1 heterocycles. The molecule has 0 aromatic carbocycles. The summed E-state index contributed by atoms with van der Waals surface area (Å²) >= 11 is 0. The molecule has 1 atom stereocenters. The van der Waals surface area contributed by atoms with Crippen LogP contribution in [0.5, 0.6) is 0 Å². The maximum atomic E-state index is 11.7. The van der Waals surface area contributed by atoms with E-state index in [1.165, 1.54) is 0 Å². The SMILES string of the molecule is CCOC(=O)C(CC)c1nccn1CC. The van der Waals surface area contributed by atoms with Crippen molar-refractivity contribution in [2.45, 2.75) is 39.7 Å². The van der Waals surface area contributed by atoms with Crippen LogP contribution in [0.2, 0.25) is 0 Å². The van der Waals surface area contributed by atoms with E-state index >= 15 is 0 Å². The number of esters is 1. The van der Waals surface area contributed by atoms with Crippen LogP contribution >= 0.6 is 0 Å². The molecule has 1 unspecified atom stereocenters. The van der Waals surface area contributed by atoms with Crippen molar-refractivity contribution in [2.24, 2.45) is 0 Å². The van der Waals surface area contributed by atoms with Crippen LogP contribution in [0.25, 0.3) is 0 Å². The van der Waals surface area contributed by atoms with Crippen LogP contribution in [0.1, 0.15) is 38.9 Å². The lowest BCUT2D eigenvalue weighted by atomic mass is 10.1. The number of carbonyl (C=O) groups excluding carboxylic acids is 1. The lowest BCUT2D eigenvalue weighted by Crippen LogP contribution is -2.19. The van der Waals surface area contributed by atoms with Gasteiger partial charge in [0.05, 0.1) is 6.61 Å². The standard InChI is InChI=1S/C11H18N2O2/c1-4-9(11(14)15-6-3)10-12-7-8-13(10)5-2/h7-9H,4-6H2,1-3H3. The smallest absolute Gasteiger partial charge is 0.316 e. The first-order chi connectivity index (χ1) is 7.24. The molecule has 84 valence electrons. The summed E-state index contributed by atoms with van der Waals surface area (Å²) in [6.45, 7) is 7.06. The second-order valence-corrected chi connectivity index (χ2v) is 3.28. The van der Waals surface area contributed by atoms with Gasteiger partial charge in [0.15, 0.2) is 0 Å². The minimum Gasteiger partial charge on any atom is -0.465 e. The molecule has 0 aliphatic rings. The second-order valence-electron chi connectivity index (χ2n) is 3.28. The molecule has 15 heavy (non-hydrogen) atoms. The van der Waals surface area contributed by atoms with Crippen LogP contribution in [-0.4, -0.2) is 22.1 Å². The molecule has 1 aromatic heterocycles. The minimum absolute atomic E-state index is 0.180. The third-order valence-electron chi connectivity index (χ3n) is 2.38. The van der Waals surface area contributed by atoms with Crippen LogP contribution in [-0.2, 0) is 16.1 Å². The van der Waals surface area contributed by atoms with Gasteiger partial charge in [-0.2, -0.15) is 0 Å². The van der Waals surface area contributed by atoms with Crippen molar-refractivity contribution in [2.75, 3.05) is 6.61 Å². The Hall–Kier alpha value is -1.32. The number of rotatable bonds is 5. The molecule has 0 radical (unpaired) electrons. The zero-order chi connectivity index (χ0) is 11.3. The lowest BCUT2D eigenvalue weighted by molar-refractivity contribution is -0.145. The van der Waals surface area contributed by atoms with E-state index < -0.39 is 0 Å². The van der Waals surface area contributed by atoms with Gasteiger partial charge in [-0.1, -0.05) is 6.92 Å². The van der Waals surface area contributed by atoms with E-state index in [0.717, 1.165) is 18.8 Å². The number of aryl methyl sites for hydroxylation is 1. The van der Waals surface area contributed by atoms with Crippen LogP contribution < -0.4 is 0 Å². The predicted molar refractivity (Wildman–Crippen MR) is 57.6 cm³/mol. The van der Waals surface area contributed by atoms with Crippen molar-refractivity contribution >= 4 is 5.97 Å². The molecular formula is C11H18N2O2. The normalized spacial score (nSPS) is 12.5. The van der Waals surface area contributed by atoms with E-state index in [2.05, 4.69) is 4.98 Å². The monoisotopic (exact) mass is 210 g/mol. The van der Waals surface area contributed by atoms with Crippen LogP contribution in [0.4, 0.5) is 0 Å². The second kappa shape index (κ2) is 5.53. The summed E-state index contributed by atoms with van der Waals surface area (Å²) in [5.74, 6) is 0.388. The number of nitrogens with zero attached hydrogens (tertiary/aromatic N) is 2. The van der Waals surface area contributed by atoms with Crippen molar-refractivity contribution in [1.29, 1.82) is 0 Å². The summed E-state index contributed by atoms with van der Waals surface area (Å²) in [4.78, 5) is 15.9. The zero-order valence-corrected chi connectivity index (χ0v) is 9.56.